The number of non-ortho nitro benzene ring substituents is 1. The molecule has 0 fully saturated rings. The van der Waals surface area contributed by atoms with Gasteiger partial charge in [-0.2, -0.15) is 18.6 Å². The van der Waals surface area contributed by atoms with Gasteiger partial charge in [0, 0.05) is 17.7 Å². The molecule has 1 aliphatic heterocycles. The predicted molar refractivity (Wildman–Crippen MR) is 119 cm³/mol. The number of anilines is 2. The van der Waals surface area contributed by atoms with Gasteiger partial charge in [0.15, 0.2) is 5.78 Å². The number of halogens is 4. The van der Waals surface area contributed by atoms with Crippen molar-refractivity contribution in [1.82, 2.24) is 0 Å². The number of Topliss-reactive ketones (excluding diaryl/α,β-unsaturated/α-hetero) is 1. The lowest BCUT2D eigenvalue weighted by Crippen LogP contribution is -2.96. The first-order valence-corrected chi connectivity index (χ1v) is 10.2. The Morgan fingerprint density at radius 3 is 2.21 bits per heavy atom. The first kappa shape index (κ1) is 23.2. The summed E-state index contributed by atoms with van der Waals surface area (Å²) in [7, 11) is 0. The number of carbonyl (C=O) groups is 1. The molecule has 1 aliphatic rings. The highest BCUT2D eigenvalue weighted by Gasteiger charge is 2.36. The van der Waals surface area contributed by atoms with Gasteiger partial charge in [-0.1, -0.05) is 16.7 Å². The van der Waals surface area contributed by atoms with E-state index in [4.69, 9.17) is 11.6 Å². The molecule has 0 saturated heterocycles. The smallest absolute Gasteiger partial charge is 0.295 e. The van der Waals surface area contributed by atoms with E-state index in [2.05, 4.69) is 5.10 Å². The average Bonchev–Trinajstić information content (AvgIpc) is 3.24. The third kappa shape index (κ3) is 4.56. The number of hydrogen-bond donors (Lipinski definition) is 1. The molecule has 12 heteroatoms. The molecule has 174 valence electrons. The number of nitrogens with two attached hydrogens (primary N) is 1. The van der Waals surface area contributed by atoms with Crippen LogP contribution in [0.1, 0.15) is 28.4 Å². The lowest BCUT2D eigenvalue weighted by molar-refractivity contribution is -0.545. The second kappa shape index (κ2) is 8.76. The van der Waals surface area contributed by atoms with Gasteiger partial charge in [0.25, 0.3) is 11.5 Å². The van der Waals surface area contributed by atoms with Gasteiger partial charge >= 0.3 is 6.18 Å². The molecule has 0 bridgehead atoms. The monoisotopic (exact) mass is 490 g/mol. The Hall–Kier alpha value is -3.96. The van der Waals surface area contributed by atoms with Gasteiger partial charge in [0.05, 0.1) is 26.8 Å². The second-order valence-corrected chi connectivity index (χ2v) is 7.72. The number of nitro groups is 1. The molecule has 2 N–H and O–H groups in total. The zero-order valence-electron chi connectivity index (χ0n) is 17.5. The molecular weight excluding hydrogens is 475 g/mol. The predicted octanol–water partition coefficient (Wildman–Crippen LogP) is 4.55. The number of nitro benzene ring substituents is 1. The maximum absolute atomic E-state index is 13.5. The highest BCUT2D eigenvalue weighted by Crippen LogP contribution is 2.37. The summed E-state index contributed by atoms with van der Waals surface area (Å²) in [6.45, 7) is 1.42. The van der Waals surface area contributed by atoms with Crippen LogP contribution in [0, 0.1) is 10.1 Å². The Morgan fingerprint density at radius 2 is 1.65 bits per heavy atom. The van der Waals surface area contributed by atoms with Crippen LogP contribution >= 0.6 is 11.6 Å². The number of nitrogens with zero attached hydrogens (tertiary/aromatic N) is 4. The van der Waals surface area contributed by atoms with E-state index in [1.54, 1.807) is 29.7 Å². The summed E-state index contributed by atoms with van der Waals surface area (Å²) in [4.78, 5) is 22.0. The molecule has 0 amide bonds. The van der Waals surface area contributed by atoms with Crippen molar-refractivity contribution >= 4 is 40.3 Å². The minimum atomic E-state index is -4.67. The molecule has 0 unspecified atom stereocenters. The Labute approximate surface area is 195 Å². The number of benzene rings is 3. The topological polar surface area (TPSA) is 95.7 Å². The third-order valence-electron chi connectivity index (χ3n) is 5.05. The molecular formula is C22H16ClF3N5O3+. The van der Waals surface area contributed by atoms with Gasteiger partial charge in [0.2, 0.25) is 0 Å². The van der Waals surface area contributed by atoms with E-state index in [0.29, 0.717) is 22.6 Å². The number of alkyl halides is 3. The molecule has 8 nitrogen and oxygen atoms in total. The van der Waals surface area contributed by atoms with Crippen LogP contribution < -0.4 is 15.7 Å². The summed E-state index contributed by atoms with van der Waals surface area (Å²) >= 11 is 5.77. The normalized spacial score (nSPS) is 13.7. The maximum atomic E-state index is 13.5. The SMILES string of the molecule is CC(=O)c1ccc(N2[NH2+]C(c3ccc([N+](=O)[O-])cc3)=NN2c2ccc(Cl)c(C(F)(F)F)c2)cc1. The van der Waals surface area contributed by atoms with Crippen molar-refractivity contribution in [2.45, 2.75) is 13.1 Å². The van der Waals surface area contributed by atoms with Crippen LogP contribution in [-0.2, 0) is 6.18 Å². The second-order valence-electron chi connectivity index (χ2n) is 7.32. The molecule has 0 aromatic heterocycles. The third-order valence-corrected chi connectivity index (χ3v) is 5.38. The van der Waals surface area contributed by atoms with E-state index < -0.39 is 21.7 Å². The fourth-order valence-corrected chi connectivity index (χ4v) is 3.53. The van der Waals surface area contributed by atoms with E-state index in [0.717, 1.165) is 12.1 Å². The summed E-state index contributed by atoms with van der Waals surface area (Å²) < 4.78 is 40.4. The highest BCUT2D eigenvalue weighted by molar-refractivity contribution is 6.31. The zero-order chi connectivity index (χ0) is 24.6. The number of carbonyl (C=O) groups excluding carboxylic acids is 1. The van der Waals surface area contributed by atoms with Crippen molar-refractivity contribution in [2.75, 3.05) is 10.2 Å². The number of hydrazine groups is 1. The molecule has 3 aromatic carbocycles. The van der Waals surface area contributed by atoms with Crippen LogP contribution in [0.2, 0.25) is 5.02 Å². The van der Waals surface area contributed by atoms with E-state index in [1.807, 2.05) is 0 Å². The Morgan fingerprint density at radius 1 is 1.03 bits per heavy atom. The lowest BCUT2D eigenvalue weighted by atomic mass is 10.1. The van der Waals surface area contributed by atoms with Crippen molar-refractivity contribution in [3.8, 4) is 0 Å². The van der Waals surface area contributed by atoms with Crippen LogP contribution in [0.15, 0.2) is 71.8 Å². The molecule has 0 radical (unpaired) electrons. The Bertz CT molecular complexity index is 1290. The molecule has 1 heterocycles. The van der Waals surface area contributed by atoms with Crippen molar-refractivity contribution in [2.24, 2.45) is 5.10 Å². The first-order valence-electron chi connectivity index (χ1n) is 9.80. The lowest BCUT2D eigenvalue weighted by Gasteiger charge is -2.24. The number of hydrogen-bond acceptors (Lipinski definition) is 6. The van der Waals surface area contributed by atoms with E-state index in [9.17, 15) is 28.1 Å². The summed E-state index contributed by atoms with van der Waals surface area (Å²) in [5.74, 6) is 0.221. The van der Waals surface area contributed by atoms with Gasteiger partial charge in [-0.15, -0.1) is 10.2 Å². The summed E-state index contributed by atoms with van der Waals surface area (Å²) in [5, 5.41) is 17.7. The molecule has 34 heavy (non-hydrogen) atoms. The summed E-state index contributed by atoms with van der Waals surface area (Å²) in [6.07, 6.45) is -4.67. The van der Waals surface area contributed by atoms with Crippen LogP contribution in [0.4, 0.5) is 30.2 Å². The highest BCUT2D eigenvalue weighted by atomic mass is 35.5. The fraction of sp³-hybridized carbons (Fsp3) is 0.0909. The molecule has 0 spiro atoms. The quantitative estimate of drug-likeness (QED) is 0.245. The standard InChI is InChI=1S/C22H15ClF3N5O3/c1-13(32)14-2-6-16(7-3-14)29-27-21(15-4-8-17(9-5-15)31(33)34)28-30(29)18-10-11-20(23)19(12-18)22(24,25)26/h2-12H,1H3,(H,27,28)/p+1. The number of rotatable bonds is 5. The van der Waals surface area contributed by atoms with E-state index in [1.165, 1.54) is 47.5 Å². The van der Waals surface area contributed by atoms with Gasteiger partial charge in [-0.05, 0) is 61.5 Å². The number of amidine groups is 1. The van der Waals surface area contributed by atoms with E-state index in [-0.39, 0.29) is 17.2 Å². The summed E-state index contributed by atoms with van der Waals surface area (Å²) in [5.41, 5.74) is 2.04. The molecule has 3 aromatic rings. The molecule has 0 atom stereocenters. The van der Waals surface area contributed by atoms with Gasteiger partial charge in [-0.25, -0.2) is 0 Å². The van der Waals surface area contributed by atoms with Gasteiger partial charge in [-0.3, -0.25) is 14.9 Å². The molecule has 4 rings (SSSR count). The Balaban J connectivity index is 1.78. The van der Waals surface area contributed by atoms with Gasteiger partial charge < -0.3 is 0 Å². The summed E-state index contributed by atoms with van der Waals surface area (Å²) in [6, 6.07) is 15.5. The van der Waals surface area contributed by atoms with Crippen molar-refractivity contribution in [3.63, 3.8) is 0 Å². The molecule has 0 saturated carbocycles. The number of quaternary nitrogens is 1. The van der Waals surface area contributed by atoms with Crippen molar-refractivity contribution in [1.29, 1.82) is 0 Å². The Kier molecular flexibility index (Phi) is 5.98. The van der Waals surface area contributed by atoms with Crippen LogP contribution in [0.5, 0.6) is 0 Å². The average molecular weight is 491 g/mol. The number of ketones is 1. The fourth-order valence-electron chi connectivity index (χ4n) is 3.30. The number of hydrazone groups is 1. The van der Waals surface area contributed by atoms with Crippen LogP contribution in [0.3, 0.4) is 0 Å². The maximum Gasteiger partial charge on any atom is 0.417 e. The molecule has 0 aliphatic carbocycles. The van der Waals surface area contributed by atoms with E-state index >= 15 is 0 Å². The van der Waals surface area contributed by atoms with Gasteiger partial charge in [0.1, 0.15) is 5.69 Å². The van der Waals surface area contributed by atoms with Crippen LogP contribution in [0.25, 0.3) is 0 Å². The zero-order valence-corrected chi connectivity index (χ0v) is 18.2. The minimum absolute atomic E-state index is 0.0838. The van der Waals surface area contributed by atoms with Crippen LogP contribution in [-0.4, -0.2) is 16.5 Å². The largest absolute Gasteiger partial charge is 0.417 e. The van der Waals surface area contributed by atoms with Crippen molar-refractivity contribution < 1.29 is 28.3 Å². The minimum Gasteiger partial charge on any atom is -0.295 e. The first-order chi connectivity index (χ1) is 16.0. The van der Waals surface area contributed by atoms with Crippen molar-refractivity contribution in [3.05, 3.63) is 98.6 Å².